The number of carbonyl (C=O) groups is 1. The molecule has 2 heterocycles. The average molecular weight is 432 g/mol. The van der Waals surface area contributed by atoms with Gasteiger partial charge < -0.3 is 14.4 Å². The number of pyridine rings is 1. The van der Waals surface area contributed by atoms with Crippen molar-refractivity contribution in [1.29, 1.82) is 0 Å². The van der Waals surface area contributed by atoms with Gasteiger partial charge in [-0.1, -0.05) is 36.4 Å². The standard InChI is InChI=1S/C26H29N3O3/c1-20(23-9-6-12-27-18-23)28-13-15-29(16-14-28)26(30)22-10-11-24(25(17-22)31-2)32-19-21-7-4-3-5-8-21/h3-12,17-18,20H,13-16,19H2,1-2H3. The van der Waals surface area contributed by atoms with Crippen molar-refractivity contribution in [2.45, 2.75) is 19.6 Å². The second-order valence-electron chi connectivity index (χ2n) is 7.93. The summed E-state index contributed by atoms with van der Waals surface area (Å²) in [7, 11) is 1.59. The van der Waals surface area contributed by atoms with E-state index in [1.807, 2.05) is 59.6 Å². The maximum Gasteiger partial charge on any atom is 0.254 e. The van der Waals surface area contributed by atoms with Crippen molar-refractivity contribution in [3.8, 4) is 11.5 Å². The molecular weight excluding hydrogens is 402 g/mol. The zero-order valence-electron chi connectivity index (χ0n) is 18.6. The molecule has 6 heteroatoms. The van der Waals surface area contributed by atoms with Crippen LogP contribution in [0, 0.1) is 0 Å². The zero-order chi connectivity index (χ0) is 22.3. The van der Waals surface area contributed by atoms with Gasteiger partial charge in [-0.2, -0.15) is 0 Å². The Morgan fingerprint density at radius 2 is 1.78 bits per heavy atom. The summed E-state index contributed by atoms with van der Waals surface area (Å²) in [6.07, 6.45) is 3.70. The third-order valence-electron chi connectivity index (χ3n) is 5.96. The monoisotopic (exact) mass is 431 g/mol. The highest BCUT2D eigenvalue weighted by Crippen LogP contribution is 2.30. The van der Waals surface area contributed by atoms with Gasteiger partial charge in [0, 0.05) is 50.2 Å². The Bertz CT molecular complexity index is 1020. The van der Waals surface area contributed by atoms with E-state index in [0.29, 0.717) is 36.8 Å². The van der Waals surface area contributed by atoms with Crippen LogP contribution in [0.3, 0.4) is 0 Å². The highest BCUT2D eigenvalue weighted by molar-refractivity contribution is 5.95. The van der Waals surface area contributed by atoms with E-state index >= 15 is 0 Å². The van der Waals surface area contributed by atoms with Gasteiger partial charge in [0.2, 0.25) is 0 Å². The number of ether oxygens (including phenoxy) is 2. The Morgan fingerprint density at radius 3 is 2.47 bits per heavy atom. The summed E-state index contributed by atoms with van der Waals surface area (Å²) in [5.41, 5.74) is 2.89. The predicted molar refractivity (Wildman–Crippen MR) is 124 cm³/mol. The molecule has 1 amide bonds. The molecule has 4 rings (SSSR count). The topological polar surface area (TPSA) is 54.9 Å². The number of rotatable bonds is 7. The Balaban J connectivity index is 1.37. The van der Waals surface area contributed by atoms with Gasteiger partial charge in [0.1, 0.15) is 6.61 Å². The second kappa shape index (κ2) is 10.3. The third kappa shape index (κ3) is 5.08. The maximum absolute atomic E-state index is 13.1. The molecule has 3 aromatic rings. The number of methoxy groups -OCH3 is 1. The van der Waals surface area contributed by atoms with Crippen LogP contribution in [-0.2, 0) is 6.61 Å². The van der Waals surface area contributed by atoms with Gasteiger partial charge in [0.05, 0.1) is 7.11 Å². The fourth-order valence-electron chi connectivity index (χ4n) is 3.98. The van der Waals surface area contributed by atoms with Crippen molar-refractivity contribution in [2.75, 3.05) is 33.3 Å². The molecule has 0 radical (unpaired) electrons. The van der Waals surface area contributed by atoms with E-state index in [9.17, 15) is 4.79 Å². The van der Waals surface area contributed by atoms with Crippen LogP contribution >= 0.6 is 0 Å². The van der Waals surface area contributed by atoms with Crippen molar-refractivity contribution < 1.29 is 14.3 Å². The van der Waals surface area contributed by atoms with Crippen LogP contribution in [0.25, 0.3) is 0 Å². The molecule has 0 bridgehead atoms. The fourth-order valence-corrected chi connectivity index (χ4v) is 3.98. The minimum atomic E-state index is 0.0200. The molecular formula is C26H29N3O3. The van der Waals surface area contributed by atoms with E-state index < -0.39 is 0 Å². The lowest BCUT2D eigenvalue weighted by Crippen LogP contribution is -2.49. The van der Waals surface area contributed by atoms with Gasteiger partial charge in [0.15, 0.2) is 11.5 Å². The van der Waals surface area contributed by atoms with E-state index in [0.717, 1.165) is 18.7 Å². The number of benzene rings is 2. The summed E-state index contributed by atoms with van der Waals surface area (Å²) in [5, 5.41) is 0. The largest absolute Gasteiger partial charge is 0.493 e. The van der Waals surface area contributed by atoms with E-state index in [-0.39, 0.29) is 11.9 Å². The molecule has 1 atom stereocenters. The number of hydrogen-bond acceptors (Lipinski definition) is 5. The summed E-state index contributed by atoms with van der Waals surface area (Å²) >= 11 is 0. The third-order valence-corrected chi connectivity index (χ3v) is 5.96. The molecule has 1 saturated heterocycles. The lowest BCUT2D eigenvalue weighted by Gasteiger charge is -2.38. The minimum absolute atomic E-state index is 0.0200. The highest BCUT2D eigenvalue weighted by atomic mass is 16.5. The number of amides is 1. The van der Waals surface area contributed by atoms with Gasteiger partial charge in [-0.15, -0.1) is 0 Å². The summed E-state index contributed by atoms with van der Waals surface area (Å²) in [6, 6.07) is 19.7. The van der Waals surface area contributed by atoms with Crippen molar-refractivity contribution in [3.05, 3.63) is 89.7 Å². The average Bonchev–Trinajstić information content (AvgIpc) is 2.87. The Kier molecular flexibility index (Phi) is 7.02. The lowest BCUT2D eigenvalue weighted by molar-refractivity contribution is 0.0581. The quantitative estimate of drug-likeness (QED) is 0.562. The highest BCUT2D eigenvalue weighted by Gasteiger charge is 2.26. The van der Waals surface area contributed by atoms with Crippen LogP contribution in [0.15, 0.2) is 73.1 Å². The molecule has 0 spiro atoms. The van der Waals surface area contributed by atoms with Crippen LogP contribution in [-0.4, -0.2) is 54.0 Å². The number of aromatic nitrogens is 1. The van der Waals surface area contributed by atoms with E-state index in [4.69, 9.17) is 9.47 Å². The zero-order valence-corrected chi connectivity index (χ0v) is 18.6. The summed E-state index contributed by atoms with van der Waals surface area (Å²) in [4.78, 5) is 21.6. The maximum atomic E-state index is 13.1. The molecule has 1 fully saturated rings. The lowest BCUT2D eigenvalue weighted by atomic mass is 10.1. The van der Waals surface area contributed by atoms with Gasteiger partial charge in [-0.25, -0.2) is 0 Å². The molecule has 0 N–H and O–H groups in total. The first-order chi connectivity index (χ1) is 15.7. The minimum Gasteiger partial charge on any atom is -0.493 e. The first kappa shape index (κ1) is 21.8. The molecule has 6 nitrogen and oxygen atoms in total. The SMILES string of the molecule is COc1cc(C(=O)N2CCN(C(C)c3cccnc3)CC2)ccc1OCc1ccccc1. The number of nitrogens with zero attached hydrogens (tertiary/aromatic N) is 3. The van der Waals surface area contributed by atoms with E-state index in [1.165, 1.54) is 5.56 Å². The van der Waals surface area contributed by atoms with Crippen LogP contribution < -0.4 is 9.47 Å². The first-order valence-electron chi connectivity index (χ1n) is 10.9. The van der Waals surface area contributed by atoms with Crippen LogP contribution in [0.5, 0.6) is 11.5 Å². The second-order valence-corrected chi connectivity index (χ2v) is 7.93. The Hall–Kier alpha value is -3.38. The van der Waals surface area contributed by atoms with Crippen LogP contribution in [0.1, 0.15) is 34.5 Å². The molecule has 0 aliphatic carbocycles. The van der Waals surface area contributed by atoms with Crippen LogP contribution in [0.2, 0.25) is 0 Å². The Labute approximate surface area is 189 Å². The molecule has 1 aromatic heterocycles. The molecule has 1 aliphatic heterocycles. The fraction of sp³-hybridized carbons (Fsp3) is 0.308. The summed E-state index contributed by atoms with van der Waals surface area (Å²) in [5.74, 6) is 1.21. The number of hydrogen-bond donors (Lipinski definition) is 0. The number of piperazine rings is 1. The molecule has 32 heavy (non-hydrogen) atoms. The predicted octanol–water partition coefficient (Wildman–Crippen LogP) is 4.19. The van der Waals surface area contributed by atoms with Crippen molar-refractivity contribution in [2.24, 2.45) is 0 Å². The summed E-state index contributed by atoms with van der Waals surface area (Å²) in [6.45, 7) is 5.68. The van der Waals surface area contributed by atoms with Gasteiger partial charge >= 0.3 is 0 Å². The van der Waals surface area contributed by atoms with Crippen molar-refractivity contribution in [1.82, 2.24) is 14.8 Å². The molecule has 2 aromatic carbocycles. The van der Waals surface area contributed by atoms with Gasteiger partial charge in [-0.05, 0) is 42.3 Å². The Morgan fingerprint density at radius 1 is 1.00 bits per heavy atom. The summed E-state index contributed by atoms with van der Waals surface area (Å²) < 4.78 is 11.4. The van der Waals surface area contributed by atoms with Crippen molar-refractivity contribution >= 4 is 5.91 Å². The molecule has 166 valence electrons. The molecule has 1 unspecified atom stereocenters. The number of carbonyl (C=O) groups excluding carboxylic acids is 1. The van der Waals surface area contributed by atoms with E-state index in [1.54, 1.807) is 19.4 Å². The molecule has 1 aliphatic rings. The first-order valence-corrected chi connectivity index (χ1v) is 10.9. The van der Waals surface area contributed by atoms with Crippen molar-refractivity contribution in [3.63, 3.8) is 0 Å². The smallest absolute Gasteiger partial charge is 0.254 e. The van der Waals surface area contributed by atoms with Gasteiger partial charge in [0.25, 0.3) is 5.91 Å². The van der Waals surface area contributed by atoms with Crippen LogP contribution in [0.4, 0.5) is 0 Å². The van der Waals surface area contributed by atoms with Gasteiger partial charge in [-0.3, -0.25) is 14.7 Å². The normalized spacial score (nSPS) is 15.2. The van der Waals surface area contributed by atoms with E-state index in [2.05, 4.69) is 22.9 Å². The molecule has 0 saturated carbocycles.